The van der Waals surface area contributed by atoms with E-state index in [1.54, 1.807) is 18.2 Å². The first-order valence-corrected chi connectivity index (χ1v) is 6.68. The van der Waals surface area contributed by atoms with Crippen LogP contribution in [0, 0.1) is 5.82 Å². The number of ether oxygens (including phenoxy) is 1. The first kappa shape index (κ1) is 14.8. The van der Waals surface area contributed by atoms with Gasteiger partial charge in [0.1, 0.15) is 18.2 Å². The third-order valence-corrected chi connectivity index (χ3v) is 2.75. The normalized spacial score (nSPS) is 9.95. The second-order valence-electron chi connectivity index (χ2n) is 4.34. The van der Waals surface area contributed by atoms with Crippen molar-refractivity contribution in [3.05, 3.63) is 60.4 Å². The van der Waals surface area contributed by atoms with Crippen LogP contribution in [0.2, 0.25) is 0 Å². The van der Waals surface area contributed by atoms with E-state index in [4.69, 9.17) is 4.74 Å². The Labute approximate surface area is 122 Å². The number of hydrogen-bond acceptors (Lipinski definition) is 3. The van der Waals surface area contributed by atoms with Gasteiger partial charge in [0.15, 0.2) is 0 Å². The zero-order chi connectivity index (χ0) is 14.9. The lowest BCUT2D eigenvalue weighted by molar-refractivity contribution is -0.119. The standard InChI is InChI=1S/C16H17FN2O2/c17-14-8-4-5-9-15(14)19-12-16(20)18-10-11-21-13-6-2-1-3-7-13/h1-9,19H,10-12H2,(H,18,20). The third kappa shape index (κ3) is 5.14. The smallest absolute Gasteiger partial charge is 0.239 e. The molecule has 0 aliphatic heterocycles. The number of para-hydroxylation sites is 2. The third-order valence-electron chi connectivity index (χ3n) is 2.75. The van der Waals surface area contributed by atoms with Gasteiger partial charge in [-0.3, -0.25) is 4.79 Å². The Kier molecular flexibility index (Phi) is 5.58. The van der Waals surface area contributed by atoms with Crippen molar-refractivity contribution in [1.82, 2.24) is 5.32 Å². The van der Waals surface area contributed by atoms with Crippen molar-refractivity contribution in [3.8, 4) is 5.75 Å². The molecule has 0 unspecified atom stereocenters. The maximum absolute atomic E-state index is 13.3. The van der Waals surface area contributed by atoms with Crippen molar-refractivity contribution in [2.45, 2.75) is 0 Å². The number of amides is 1. The molecule has 0 atom stereocenters. The lowest BCUT2D eigenvalue weighted by atomic mass is 10.3. The number of carbonyl (C=O) groups excluding carboxylic acids is 1. The Morgan fingerprint density at radius 2 is 1.76 bits per heavy atom. The van der Waals surface area contributed by atoms with E-state index in [2.05, 4.69) is 10.6 Å². The van der Waals surface area contributed by atoms with Crippen LogP contribution in [-0.2, 0) is 4.79 Å². The maximum atomic E-state index is 13.3. The molecule has 2 rings (SSSR count). The van der Waals surface area contributed by atoms with E-state index in [1.807, 2.05) is 30.3 Å². The predicted molar refractivity (Wildman–Crippen MR) is 79.8 cm³/mol. The topological polar surface area (TPSA) is 50.4 Å². The van der Waals surface area contributed by atoms with Crippen molar-refractivity contribution >= 4 is 11.6 Å². The van der Waals surface area contributed by atoms with E-state index in [0.717, 1.165) is 5.75 Å². The Morgan fingerprint density at radius 1 is 1.05 bits per heavy atom. The van der Waals surface area contributed by atoms with Gasteiger partial charge < -0.3 is 15.4 Å². The largest absolute Gasteiger partial charge is 0.492 e. The summed E-state index contributed by atoms with van der Waals surface area (Å²) in [6, 6.07) is 15.6. The van der Waals surface area contributed by atoms with Gasteiger partial charge in [-0.05, 0) is 24.3 Å². The molecule has 0 saturated carbocycles. The van der Waals surface area contributed by atoms with Gasteiger partial charge in [-0.1, -0.05) is 30.3 Å². The average molecular weight is 288 g/mol. The van der Waals surface area contributed by atoms with E-state index < -0.39 is 0 Å². The Bertz CT molecular complexity index is 575. The highest BCUT2D eigenvalue weighted by Crippen LogP contribution is 2.11. The monoisotopic (exact) mass is 288 g/mol. The van der Waals surface area contributed by atoms with Crippen LogP contribution in [0.3, 0.4) is 0 Å². The van der Waals surface area contributed by atoms with Gasteiger partial charge >= 0.3 is 0 Å². The summed E-state index contributed by atoms with van der Waals surface area (Å²) in [6.07, 6.45) is 0. The van der Waals surface area contributed by atoms with Crippen molar-refractivity contribution in [1.29, 1.82) is 0 Å². The van der Waals surface area contributed by atoms with Crippen molar-refractivity contribution in [3.63, 3.8) is 0 Å². The van der Waals surface area contributed by atoms with E-state index in [0.29, 0.717) is 18.8 Å². The summed E-state index contributed by atoms with van der Waals surface area (Å²) in [5.41, 5.74) is 0.313. The summed E-state index contributed by atoms with van der Waals surface area (Å²) < 4.78 is 18.8. The highest BCUT2D eigenvalue weighted by Gasteiger charge is 2.03. The van der Waals surface area contributed by atoms with Crippen LogP contribution in [0.25, 0.3) is 0 Å². The van der Waals surface area contributed by atoms with E-state index >= 15 is 0 Å². The van der Waals surface area contributed by atoms with Gasteiger partial charge in [-0.25, -0.2) is 4.39 Å². The minimum Gasteiger partial charge on any atom is -0.492 e. The first-order valence-electron chi connectivity index (χ1n) is 6.68. The van der Waals surface area contributed by atoms with Crippen LogP contribution < -0.4 is 15.4 Å². The van der Waals surface area contributed by atoms with Gasteiger partial charge in [0, 0.05) is 0 Å². The minimum absolute atomic E-state index is 0.0201. The number of carbonyl (C=O) groups is 1. The summed E-state index contributed by atoms with van der Waals surface area (Å²) in [5.74, 6) is 0.170. The van der Waals surface area contributed by atoms with Crippen LogP contribution in [0.15, 0.2) is 54.6 Å². The first-order chi connectivity index (χ1) is 10.3. The number of rotatable bonds is 7. The second kappa shape index (κ2) is 7.89. The summed E-state index contributed by atoms with van der Waals surface area (Å²) in [4.78, 5) is 11.6. The summed E-state index contributed by atoms with van der Waals surface area (Å²) in [5, 5.41) is 5.44. The van der Waals surface area contributed by atoms with Gasteiger partial charge in [-0.2, -0.15) is 0 Å². The molecular weight excluding hydrogens is 271 g/mol. The average Bonchev–Trinajstić information content (AvgIpc) is 2.52. The number of nitrogens with one attached hydrogen (secondary N) is 2. The van der Waals surface area contributed by atoms with Crippen molar-refractivity contribution < 1.29 is 13.9 Å². The Morgan fingerprint density at radius 3 is 2.52 bits per heavy atom. The van der Waals surface area contributed by atoms with Crippen LogP contribution in [-0.4, -0.2) is 25.6 Å². The van der Waals surface area contributed by atoms with Crippen LogP contribution >= 0.6 is 0 Å². The van der Waals surface area contributed by atoms with Crippen molar-refractivity contribution in [2.75, 3.05) is 25.0 Å². The molecule has 4 nitrogen and oxygen atoms in total. The predicted octanol–water partition coefficient (Wildman–Crippen LogP) is 2.43. The SMILES string of the molecule is O=C(CNc1ccccc1F)NCCOc1ccccc1. The van der Waals surface area contributed by atoms with E-state index in [1.165, 1.54) is 6.07 Å². The zero-order valence-corrected chi connectivity index (χ0v) is 11.5. The van der Waals surface area contributed by atoms with Crippen LogP contribution in [0.1, 0.15) is 0 Å². The molecule has 21 heavy (non-hydrogen) atoms. The molecule has 0 aromatic heterocycles. The van der Waals surface area contributed by atoms with Gasteiger partial charge in [0.2, 0.25) is 5.91 Å². The molecule has 0 aliphatic rings. The minimum atomic E-state index is -0.377. The summed E-state index contributed by atoms with van der Waals surface area (Å²) in [7, 11) is 0. The molecular formula is C16H17FN2O2. The fraction of sp³-hybridized carbons (Fsp3) is 0.188. The number of anilines is 1. The molecule has 5 heteroatoms. The molecule has 0 spiro atoms. The molecule has 2 aromatic rings. The molecule has 110 valence electrons. The highest BCUT2D eigenvalue weighted by atomic mass is 19.1. The number of benzene rings is 2. The van der Waals surface area contributed by atoms with E-state index in [9.17, 15) is 9.18 Å². The molecule has 0 aliphatic carbocycles. The maximum Gasteiger partial charge on any atom is 0.239 e. The van der Waals surface area contributed by atoms with Gasteiger partial charge in [0.05, 0.1) is 18.8 Å². The Hall–Kier alpha value is -2.56. The highest BCUT2D eigenvalue weighted by molar-refractivity contribution is 5.80. The Balaban J connectivity index is 1.63. The summed E-state index contributed by atoms with van der Waals surface area (Å²) >= 11 is 0. The second-order valence-corrected chi connectivity index (χ2v) is 4.34. The molecule has 1 amide bonds. The number of halogens is 1. The van der Waals surface area contributed by atoms with Crippen molar-refractivity contribution in [2.24, 2.45) is 0 Å². The molecule has 0 heterocycles. The van der Waals surface area contributed by atoms with E-state index in [-0.39, 0.29) is 18.3 Å². The molecule has 0 radical (unpaired) electrons. The lowest BCUT2D eigenvalue weighted by Gasteiger charge is -2.09. The fourth-order valence-corrected chi connectivity index (χ4v) is 1.72. The number of hydrogen-bond donors (Lipinski definition) is 2. The molecule has 0 bridgehead atoms. The quantitative estimate of drug-likeness (QED) is 0.769. The van der Waals surface area contributed by atoms with Gasteiger partial charge in [0.25, 0.3) is 0 Å². The molecule has 2 aromatic carbocycles. The molecule has 2 N–H and O–H groups in total. The lowest BCUT2D eigenvalue weighted by Crippen LogP contribution is -2.33. The molecule has 0 saturated heterocycles. The zero-order valence-electron chi connectivity index (χ0n) is 11.5. The van der Waals surface area contributed by atoms with Gasteiger partial charge in [-0.15, -0.1) is 0 Å². The summed E-state index contributed by atoms with van der Waals surface area (Å²) in [6.45, 7) is 0.800. The fourth-order valence-electron chi connectivity index (χ4n) is 1.72. The van der Waals surface area contributed by atoms with Crippen LogP contribution in [0.5, 0.6) is 5.75 Å². The molecule has 0 fully saturated rings. The van der Waals surface area contributed by atoms with Crippen LogP contribution in [0.4, 0.5) is 10.1 Å².